The molecule has 4 heterocycles. The SMILES string of the molecule is C=C(C)[C@@]1(O)O[C@H]2C[C@@]3(C)OC(=CC3=O)[C@H](C)[C@H](OC)[C@H]3OC(=O)[C@@]1(C)[C@@H]32. The van der Waals surface area contributed by atoms with Gasteiger partial charge in [-0.3, -0.25) is 9.59 Å². The highest BCUT2D eigenvalue weighted by Crippen LogP contribution is 2.61. The van der Waals surface area contributed by atoms with E-state index in [1.807, 2.05) is 6.92 Å². The third kappa shape index (κ3) is 2.08. The number of hydrogen-bond donors (Lipinski definition) is 1. The van der Waals surface area contributed by atoms with Gasteiger partial charge in [0.15, 0.2) is 5.60 Å². The first-order valence-electron chi connectivity index (χ1n) is 9.24. The summed E-state index contributed by atoms with van der Waals surface area (Å²) >= 11 is 0. The molecule has 27 heavy (non-hydrogen) atoms. The summed E-state index contributed by atoms with van der Waals surface area (Å²) in [4.78, 5) is 25.6. The van der Waals surface area contributed by atoms with Crippen LogP contribution in [0.15, 0.2) is 24.0 Å². The molecule has 4 rings (SSSR count). The van der Waals surface area contributed by atoms with Crippen LogP contribution in [0, 0.1) is 17.3 Å². The monoisotopic (exact) mass is 378 g/mol. The van der Waals surface area contributed by atoms with E-state index in [-0.39, 0.29) is 18.1 Å². The largest absolute Gasteiger partial charge is 0.483 e. The maximum Gasteiger partial charge on any atom is 0.318 e. The van der Waals surface area contributed by atoms with Crippen LogP contribution < -0.4 is 0 Å². The van der Waals surface area contributed by atoms with E-state index >= 15 is 0 Å². The molecular weight excluding hydrogens is 352 g/mol. The topological polar surface area (TPSA) is 91.3 Å². The van der Waals surface area contributed by atoms with Crippen LogP contribution in [0.1, 0.15) is 34.1 Å². The summed E-state index contributed by atoms with van der Waals surface area (Å²) < 4.78 is 23.6. The Kier molecular flexibility index (Phi) is 3.75. The second kappa shape index (κ2) is 5.43. The third-order valence-electron chi connectivity index (χ3n) is 6.96. The van der Waals surface area contributed by atoms with Gasteiger partial charge in [0, 0.05) is 31.4 Å². The zero-order valence-electron chi connectivity index (χ0n) is 16.3. The molecule has 7 nitrogen and oxygen atoms in total. The van der Waals surface area contributed by atoms with Crippen LogP contribution >= 0.6 is 0 Å². The number of aliphatic hydroxyl groups is 1. The van der Waals surface area contributed by atoms with Gasteiger partial charge in [0.2, 0.25) is 11.6 Å². The van der Waals surface area contributed by atoms with Crippen LogP contribution in [0.25, 0.3) is 0 Å². The fourth-order valence-corrected chi connectivity index (χ4v) is 5.29. The molecule has 148 valence electrons. The van der Waals surface area contributed by atoms with E-state index in [0.29, 0.717) is 11.3 Å². The molecule has 3 fully saturated rings. The highest BCUT2D eigenvalue weighted by atomic mass is 16.7. The first-order valence-corrected chi connectivity index (χ1v) is 9.24. The Morgan fingerprint density at radius 2 is 2.04 bits per heavy atom. The van der Waals surface area contributed by atoms with Crippen molar-refractivity contribution in [1.82, 2.24) is 0 Å². The average molecular weight is 378 g/mol. The molecule has 0 spiro atoms. The summed E-state index contributed by atoms with van der Waals surface area (Å²) in [5.74, 6) is -2.87. The van der Waals surface area contributed by atoms with Gasteiger partial charge in [-0.1, -0.05) is 13.5 Å². The van der Waals surface area contributed by atoms with Crippen molar-refractivity contribution in [2.75, 3.05) is 7.11 Å². The van der Waals surface area contributed by atoms with Gasteiger partial charge in [0.05, 0.1) is 6.10 Å². The van der Waals surface area contributed by atoms with Gasteiger partial charge < -0.3 is 24.1 Å². The molecule has 1 N–H and O–H groups in total. The molecular formula is C20H26O7. The Morgan fingerprint density at radius 3 is 2.63 bits per heavy atom. The van der Waals surface area contributed by atoms with Crippen molar-refractivity contribution in [1.29, 1.82) is 0 Å². The van der Waals surface area contributed by atoms with Gasteiger partial charge in [-0.05, 0) is 26.3 Å². The zero-order valence-corrected chi connectivity index (χ0v) is 16.3. The van der Waals surface area contributed by atoms with Crippen LogP contribution in [-0.2, 0) is 28.5 Å². The fourth-order valence-electron chi connectivity index (χ4n) is 5.29. The highest BCUT2D eigenvalue weighted by Gasteiger charge is 2.76. The van der Waals surface area contributed by atoms with Crippen molar-refractivity contribution in [3.8, 4) is 0 Å². The first-order chi connectivity index (χ1) is 12.5. The average Bonchev–Trinajstić information content (AvgIpc) is 3.11. The Hall–Kier alpha value is -1.70. The minimum atomic E-state index is -1.89. The standard InChI is InChI=1S/C20H26O7/c1-9(2)20(23)19(5)14-12(27-20)8-18(4)13(21)7-11(26-18)10(3)15(24-6)16(14)25-17(19)22/h7,10,12,14-16,23H,1,8H2,2-6H3/t10-,12-,14+,15-,16-,18+,19+,20+/m0/s1. The normalized spacial score (nSPS) is 50.9. The number of ether oxygens (including phenoxy) is 4. The molecule has 7 heteroatoms. The van der Waals surface area contributed by atoms with Crippen molar-refractivity contribution < 1.29 is 33.6 Å². The Balaban J connectivity index is 1.90. The molecule has 0 saturated carbocycles. The smallest absolute Gasteiger partial charge is 0.318 e. The zero-order chi connectivity index (χ0) is 19.9. The van der Waals surface area contributed by atoms with Crippen LogP contribution in [0.4, 0.5) is 0 Å². The van der Waals surface area contributed by atoms with Crippen molar-refractivity contribution >= 4 is 11.8 Å². The second-order valence-corrected chi connectivity index (χ2v) is 8.62. The molecule has 0 unspecified atom stereocenters. The predicted molar refractivity (Wildman–Crippen MR) is 93.3 cm³/mol. The predicted octanol–water partition coefficient (Wildman–Crippen LogP) is 1.49. The molecule has 0 aliphatic carbocycles. The van der Waals surface area contributed by atoms with Gasteiger partial charge in [0.25, 0.3) is 0 Å². The summed E-state index contributed by atoms with van der Waals surface area (Å²) in [7, 11) is 1.54. The van der Waals surface area contributed by atoms with E-state index in [1.54, 1.807) is 20.8 Å². The quantitative estimate of drug-likeness (QED) is 0.575. The van der Waals surface area contributed by atoms with Gasteiger partial charge in [-0.25, -0.2) is 0 Å². The summed E-state index contributed by atoms with van der Waals surface area (Å²) in [5, 5.41) is 11.3. The summed E-state index contributed by atoms with van der Waals surface area (Å²) in [6, 6.07) is 0. The van der Waals surface area contributed by atoms with Crippen molar-refractivity contribution in [2.24, 2.45) is 17.3 Å². The maximum atomic E-state index is 13.0. The highest BCUT2D eigenvalue weighted by molar-refractivity contribution is 5.99. The molecule has 0 amide bonds. The number of rotatable bonds is 2. The van der Waals surface area contributed by atoms with Crippen LogP contribution in [0.5, 0.6) is 0 Å². The summed E-state index contributed by atoms with van der Waals surface area (Å²) in [5.41, 5.74) is -2.15. The molecule has 3 saturated heterocycles. The van der Waals surface area contributed by atoms with Crippen molar-refractivity contribution in [3.63, 3.8) is 0 Å². The summed E-state index contributed by atoms with van der Waals surface area (Å²) in [6.45, 7) is 10.7. The third-order valence-corrected chi connectivity index (χ3v) is 6.96. The van der Waals surface area contributed by atoms with E-state index in [9.17, 15) is 14.7 Å². The molecule has 4 aliphatic rings. The minimum Gasteiger partial charge on any atom is -0.483 e. The molecule has 0 aromatic carbocycles. The maximum absolute atomic E-state index is 13.0. The van der Waals surface area contributed by atoms with Gasteiger partial charge in [-0.15, -0.1) is 0 Å². The Labute approximate surface area is 158 Å². The van der Waals surface area contributed by atoms with E-state index in [1.165, 1.54) is 13.2 Å². The lowest BCUT2D eigenvalue weighted by Gasteiger charge is -2.35. The van der Waals surface area contributed by atoms with Crippen molar-refractivity contribution in [2.45, 2.75) is 63.8 Å². The molecule has 0 aromatic heterocycles. The van der Waals surface area contributed by atoms with E-state index in [2.05, 4.69) is 6.58 Å². The lowest BCUT2D eigenvalue weighted by atomic mass is 9.66. The number of hydrogen-bond acceptors (Lipinski definition) is 7. The second-order valence-electron chi connectivity index (χ2n) is 8.62. The van der Waals surface area contributed by atoms with Gasteiger partial charge in [0.1, 0.15) is 23.4 Å². The number of esters is 1. The van der Waals surface area contributed by atoms with Gasteiger partial charge >= 0.3 is 5.97 Å². The van der Waals surface area contributed by atoms with Crippen molar-refractivity contribution in [3.05, 3.63) is 24.0 Å². The van der Waals surface area contributed by atoms with Crippen LogP contribution in [0.2, 0.25) is 0 Å². The summed E-state index contributed by atoms with van der Waals surface area (Å²) in [6.07, 6.45) is -0.134. The number of carbonyl (C=O) groups is 2. The number of carbonyl (C=O) groups excluding carboxylic acids is 2. The molecule has 8 atom stereocenters. The van der Waals surface area contributed by atoms with Crippen LogP contribution in [0.3, 0.4) is 0 Å². The Bertz CT molecular complexity index is 772. The lowest BCUT2D eigenvalue weighted by molar-refractivity contribution is -0.221. The molecule has 0 radical (unpaired) electrons. The number of fused-ring (bicyclic) bond motifs is 2. The van der Waals surface area contributed by atoms with E-state index < -0.39 is 47.0 Å². The van der Waals surface area contributed by atoms with E-state index in [4.69, 9.17) is 18.9 Å². The number of methoxy groups -OCH3 is 1. The minimum absolute atomic E-state index is 0.154. The Morgan fingerprint density at radius 1 is 1.37 bits per heavy atom. The van der Waals surface area contributed by atoms with Gasteiger partial charge in [-0.2, -0.15) is 0 Å². The van der Waals surface area contributed by atoms with E-state index in [0.717, 1.165) is 0 Å². The van der Waals surface area contributed by atoms with Crippen LogP contribution in [-0.4, -0.2) is 53.7 Å². The lowest BCUT2D eigenvalue weighted by Crippen LogP contribution is -2.50. The fraction of sp³-hybridized carbons (Fsp3) is 0.700. The molecule has 0 aromatic rings. The molecule has 2 bridgehead atoms. The first kappa shape index (κ1) is 18.7. The number of ketones is 1. The molecule has 4 aliphatic heterocycles.